The fraction of sp³-hybridized carbons (Fsp3) is 0.611. The smallest absolute Gasteiger partial charge is 0.251 e. The lowest BCUT2D eigenvalue weighted by Gasteiger charge is -2.29. The zero-order chi connectivity index (χ0) is 15.1. The second-order valence-corrected chi connectivity index (χ2v) is 6.09. The molecule has 1 aliphatic rings. The van der Waals surface area contributed by atoms with Crippen molar-refractivity contribution in [1.29, 1.82) is 0 Å². The highest BCUT2D eigenvalue weighted by molar-refractivity contribution is 5.94. The molecule has 0 saturated heterocycles. The summed E-state index contributed by atoms with van der Waals surface area (Å²) in [6.45, 7) is 4.88. The highest BCUT2D eigenvalue weighted by Gasteiger charge is 2.20. The number of carbonyl (C=O) groups is 1. The van der Waals surface area contributed by atoms with E-state index in [1.165, 1.54) is 38.5 Å². The zero-order valence-electron chi connectivity index (χ0n) is 13.3. The Morgan fingerprint density at radius 2 is 1.76 bits per heavy atom. The molecule has 1 amide bonds. The number of rotatable bonds is 6. The fourth-order valence-corrected chi connectivity index (χ4v) is 3.22. The standard InChI is InChI=1S/C18H28N2O/c1-3-5-14-6-10-16(11-7-14)20-17-12-8-15(9-13-17)18(21)19-4-2/h8-9,12-14,16,20H,3-7,10-11H2,1-2H3,(H,19,21). The van der Waals surface area contributed by atoms with E-state index >= 15 is 0 Å². The molecule has 2 rings (SSSR count). The van der Waals surface area contributed by atoms with Gasteiger partial charge in [0.15, 0.2) is 0 Å². The Hall–Kier alpha value is -1.51. The highest BCUT2D eigenvalue weighted by Crippen LogP contribution is 2.29. The molecular weight excluding hydrogens is 260 g/mol. The predicted molar refractivity (Wildman–Crippen MR) is 88.7 cm³/mol. The van der Waals surface area contributed by atoms with Gasteiger partial charge in [-0.2, -0.15) is 0 Å². The summed E-state index contributed by atoms with van der Waals surface area (Å²) in [5.74, 6) is 0.942. The maximum absolute atomic E-state index is 11.7. The van der Waals surface area contributed by atoms with Gasteiger partial charge in [-0.25, -0.2) is 0 Å². The zero-order valence-corrected chi connectivity index (χ0v) is 13.3. The van der Waals surface area contributed by atoms with Crippen molar-refractivity contribution >= 4 is 11.6 Å². The molecule has 0 radical (unpaired) electrons. The first kappa shape index (κ1) is 15.9. The summed E-state index contributed by atoms with van der Waals surface area (Å²) in [7, 11) is 0. The number of anilines is 1. The van der Waals surface area contributed by atoms with E-state index in [4.69, 9.17) is 0 Å². The van der Waals surface area contributed by atoms with E-state index in [-0.39, 0.29) is 5.91 Å². The Balaban J connectivity index is 1.82. The van der Waals surface area contributed by atoms with Gasteiger partial charge in [0.25, 0.3) is 5.91 Å². The van der Waals surface area contributed by atoms with E-state index in [0.717, 1.165) is 17.2 Å². The van der Waals surface area contributed by atoms with Crippen LogP contribution in [0, 0.1) is 5.92 Å². The average molecular weight is 288 g/mol. The molecule has 0 bridgehead atoms. The van der Waals surface area contributed by atoms with Gasteiger partial charge in [0.2, 0.25) is 0 Å². The molecule has 21 heavy (non-hydrogen) atoms. The summed E-state index contributed by atoms with van der Waals surface area (Å²) in [5.41, 5.74) is 1.86. The summed E-state index contributed by atoms with van der Waals surface area (Å²) in [6, 6.07) is 8.42. The maximum Gasteiger partial charge on any atom is 0.251 e. The largest absolute Gasteiger partial charge is 0.382 e. The van der Waals surface area contributed by atoms with Crippen LogP contribution in [0.1, 0.15) is 62.7 Å². The number of benzene rings is 1. The Morgan fingerprint density at radius 3 is 2.33 bits per heavy atom. The lowest BCUT2D eigenvalue weighted by Crippen LogP contribution is -2.26. The van der Waals surface area contributed by atoms with Crippen molar-refractivity contribution in [3.05, 3.63) is 29.8 Å². The van der Waals surface area contributed by atoms with Crippen LogP contribution in [-0.4, -0.2) is 18.5 Å². The van der Waals surface area contributed by atoms with E-state index in [9.17, 15) is 4.79 Å². The van der Waals surface area contributed by atoms with Crippen LogP contribution in [0.4, 0.5) is 5.69 Å². The van der Waals surface area contributed by atoms with Crippen LogP contribution < -0.4 is 10.6 Å². The van der Waals surface area contributed by atoms with Crippen molar-refractivity contribution in [2.24, 2.45) is 5.92 Å². The quantitative estimate of drug-likeness (QED) is 0.823. The van der Waals surface area contributed by atoms with Crippen LogP contribution in [-0.2, 0) is 0 Å². The fourth-order valence-electron chi connectivity index (χ4n) is 3.22. The van der Waals surface area contributed by atoms with Gasteiger partial charge in [0.05, 0.1) is 0 Å². The van der Waals surface area contributed by atoms with Gasteiger partial charge in [-0.1, -0.05) is 19.8 Å². The number of nitrogens with one attached hydrogen (secondary N) is 2. The van der Waals surface area contributed by atoms with Crippen LogP contribution in [0.3, 0.4) is 0 Å². The van der Waals surface area contributed by atoms with Crippen LogP contribution in [0.15, 0.2) is 24.3 Å². The second-order valence-electron chi connectivity index (χ2n) is 6.09. The molecule has 1 aromatic rings. The monoisotopic (exact) mass is 288 g/mol. The van der Waals surface area contributed by atoms with E-state index in [1.54, 1.807) is 0 Å². The van der Waals surface area contributed by atoms with Gasteiger partial charge in [0.1, 0.15) is 0 Å². The third-order valence-electron chi connectivity index (χ3n) is 4.40. The van der Waals surface area contributed by atoms with E-state index in [0.29, 0.717) is 12.6 Å². The first-order valence-corrected chi connectivity index (χ1v) is 8.37. The lowest BCUT2D eigenvalue weighted by molar-refractivity contribution is 0.0956. The minimum atomic E-state index is 0.00382. The number of amides is 1. The molecule has 0 aromatic heterocycles. The van der Waals surface area contributed by atoms with Gasteiger partial charge >= 0.3 is 0 Å². The Bertz CT molecular complexity index is 433. The molecule has 0 unspecified atom stereocenters. The first-order valence-electron chi connectivity index (χ1n) is 8.37. The number of carbonyl (C=O) groups excluding carboxylic acids is 1. The summed E-state index contributed by atoms with van der Waals surface area (Å²) in [5, 5.41) is 6.43. The van der Waals surface area contributed by atoms with E-state index in [2.05, 4.69) is 17.6 Å². The van der Waals surface area contributed by atoms with Gasteiger partial charge in [-0.3, -0.25) is 4.79 Å². The Labute approximate surface area is 128 Å². The molecule has 0 spiro atoms. The van der Waals surface area contributed by atoms with Crippen molar-refractivity contribution < 1.29 is 4.79 Å². The maximum atomic E-state index is 11.7. The minimum absolute atomic E-state index is 0.00382. The summed E-state index contributed by atoms with van der Waals surface area (Å²) in [6.07, 6.45) is 7.93. The number of hydrogen-bond acceptors (Lipinski definition) is 2. The Morgan fingerprint density at radius 1 is 1.10 bits per heavy atom. The first-order chi connectivity index (χ1) is 10.2. The third kappa shape index (κ3) is 4.76. The van der Waals surface area contributed by atoms with Crippen molar-refractivity contribution in [2.75, 3.05) is 11.9 Å². The van der Waals surface area contributed by atoms with E-state index < -0.39 is 0 Å². The molecule has 0 atom stereocenters. The van der Waals surface area contributed by atoms with Crippen LogP contribution in [0.25, 0.3) is 0 Å². The summed E-state index contributed by atoms with van der Waals surface area (Å²) in [4.78, 5) is 11.7. The van der Waals surface area contributed by atoms with E-state index in [1.807, 2.05) is 31.2 Å². The molecular formula is C18H28N2O. The predicted octanol–water partition coefficient (Wildman–Crippen LogP) is 4.21. The Kier molecular flexibility index (Phi) is 6.09. The molecule has 1 saturated carbocycles. The van der Waals surface area contributed by atoms with Gasteiger partial charge < -0.3 is 10.6 Å². The minimum Gasteiger partial charge on any atom is -0.382 e. The normalized spacial score (nSPS) is 21.8. The van der Waals surface area contributed by atoms with Gasteiger partial charge in [-0.15, -0.1) is 0 Å². The second kappa shape index (κ2) is 8.06. The summed E-state index contributed by atoms with van der Waals surface area (Å²) >= 11 is 0. The van der Waals surface area contributed by atoms with Crippen molar-refractivity contribution in [1.82, 2.24) is 5.32 Å². The highest BCUT2D eigenvalue weighted by atomic mass is 16.1. The lowest BCUT2D eigenvalue weighted by atomic mass is 9.83. The topological polar surface area (TPSA) is 41.1 Å². The third-order valence-corrected chi connectivity index (χ3v) is 4.40. The molecule has 3 nitrogen and oxygen atoms in total. The molecule has 3 heteroatoms. The van der Waals surface area contributed by atoms with Gasteiger partial charge in [-0.05, 0) is 62.8 Å². The van der Waals surface area contributed by atoms with Crippen molar-refractivity contribution in [2.45, 2.75) is 58.4 Å². The molecule has 2 N–H and O–H groups in total. The number of hydrogen-bond donors (Lipinski definition) is 2. The van der Waals surface area contributed by atoms with Crippen LogP contribution in [0.5, 0.6) is 0 Å². The summed E-state index contributed by atoms with van der Waals surface area (Å²) < 4.78 is 0. The molecule has 116 valence electrons. The molecule has 1 aromatic carbocycles. The molecule has 1 fully saturated rings. The molecule has 1 aliphatic carbocycles. The van der Waals surface area contributed by atoms with Crippen LogP contribution in [0.2, 0.25) is 0 Å². The van der Waals surface area contributed by atoms with Gasteiger partial charge in [0, 0.05) is 23.8 Å². The SMILES string of the molecule is CCCC1CCC(Nc2ccc(C(=O)NCC)cc2)CC1. The van der Waals surface area contributed by atoms with Crippen molar-refractivity contribution in [3.8, 4) is 0 Å². The van der Waals surface area contributed by atoms with Crippen molar-refractivity contribution in [3.63, 3.8) is 0 Å². The molecule has 0 heterocycles. The average Bonchev–Trinajstić information content (AvgIpc) is 2.50. The molecule has 0 aliphatic heterocycles. The van der Waals surface area contributed by atoms with Crippen LogP contribution >= 0.6 is 0 Å².